The van der Waals surface area contributed by atoms with Crippen LogP contribution in [-0.2, 0) is 10.0 Å². The highest BCUT2D eigenvalue weighted by atomic mass is 32.2. The van der Waals surface area contributed by atoms with E-state index in [-0.39, 0.29) is 10.8 Å². The molecule has 1 fully saturated rings. The lowest BCUT2D eigenvalue weighted by Crippen LogP contribution is -2.36. The van der Waals surface area contributed by atoms with Gasteiger partial charge in [-0.1, -0.05) is 18.6 Å². The van der Waals surface area contributed by atoms with Crippen molar-refractivity contribution in [2.24, 2.45) is 0 Å². The Hall–Kier alpha value is -2.18. The van der Waals surface area contributed by atoms with Gasteiger partial charge in [0.25, 0.3) is 5.91 Å². The molecule has 0 saturated carbocycles. The second-order valence-electron chi connectivity index (χ2n) is 7.20. The van der Waals surface area contributed by atoms with Crippen molar-refractivity contribution in [3.05, 3.63) is 58.7 Å². The van der Waals surface area contributed by atoms with Crippen LogP contribution >= 0.6 is 0 Å². The maximum Gasteiger partial charge on any atom is 0.255 e. The van der Waals surface area contributed by atoms with Gasteiger partial charge in [-0.3, -0.25) is 4.79 Å². The number of hydrogen-bond donors (Lipinski definition) is 1. The van der Waals surface area contributed by atoms with E-state index in [1.807, 2.05) is 32.0 Å². The van der Waals surface area contributed by atoms with Gasteiger partial charge in [0.1, 0.15) is 0 Å². The highest BCUT2D eigenvalue weighted by Crippen LogP contribution is 2.25. The number of aryl methyl sites for hydroxylation is 3. The topological polar surface area (TPSA) is 66.5 Å². The smallest absolute Gasteiger partial charge is 0.255 e. The van der Waals surface area contributed by atoms with E-state index < -0.39 is 10.0 Å². The zero-order valence-electron chi connectivity index (χ0n) is 16.1. The fourth-order valence-electron chi connectivity index (χ4n) is 3.29. The lowest BCUT2D eigenvalue weighted by Gasteiger charge is -2.26. The number of rotatable bonds is 4. The summed E-state index contributed by atoms with van der Waals surface area (Å²) in [5.41, 5.74) is 3.94. The third-order valence-electron chi connectivity index (χ3n) is 5.15. The van der Waals surface area contributed by atoms with Gasteiger partial charge in [0.2, 0.25) is 10.0 Å². The lowest BCUT2D eigenvalue weighted by molar-refractivity contribution is 0.102. The minimum Gasteiger partial charge on any atom is -0.322 e. The molecule has 1 aliphatic heterocycles. The van der Waals surface area contributed by atoms with Crippen LogP contribution in [0.15, 0.2) is 41.3 Å². The van der Waals surface area contributed by atoms with E-state index in [0.29, 0.717) is 29.9 Å². The number of anilines is 1. The van der Waals surface area contributed by atoms with Gasteiger partial charge >= 0.3 is 0 Å². The summed E-state index contributed by atoms with van der Waals surface area (Å²) in [4.78, 5) is 12.9. The zero-order chi connectivity index (χ0) is 19.6. The predicted octanol–water partition coefficient (Wildman–Crippen LogP) is 4.04. The Morgan fingerprint density at radius 1 is 0.889 bits per heavy atom. The van der Waals surface area contributed by atoms with Gasteiger partial charge in [0, 0.05) is 24.3 Å². The second kappa shape index (κ2) is 7.82. The fraction of sp³-hybridized carbons (Fsp3) is 0.381. The summed E-state index contributed by atoms with van der Waals surface area (Å²) in [6, 6.07) is 10.6. The number of hydrogen-bond acceptors (Lipinski definition) is 3. The number of benzene rings is 2. The highest BCUT2D eigenvalue weighted by molar-refractivity contribution is 7.89. The number of sulfonamides is 1. The highest BCUT2D eigenvalue weighted by Gasteiger charge is 2.28. The number of carbonyl (C=O) groups is 1. The molecule has 1 amide bonds. The van der Waals surface area contributed by atoms with Crippen molar-refractivity contribution in [3.8, 4) is 0 Å². The van der Waals surface area contributed by atoms with E-state index >= 15 is 0 Å². The van der Waals surface area contributed by atoms with Crippen LogP contribution < -0.4 is 5.32 Å². The molecule has 0 spiro atoms. The molecule has 0 atom stereocenters. The van der Waals surface area contributed by atoms with Crippen LogP contribution in [-0.4, -0.2) is 31.7 Å². The summed E-state index contributed by atoms with van der Waals surface area (Å²) in [6.07, 6.45) is 2.82. The second-order valence-corrected chi connectivity index (χ2v) is 9.10. The molecular formula is C21H26N2O3S. The zero-order valence-corrected chi connectivity index (χ0v) is 16.9. The van der Waals surface area contributed by atoms with Gasteiger partial charge in [-0.15, -0.1) is 0 Å². The van der Waals surface area contributed by atoms with Crippen molar-refractivity contribution in [3.63, 3.8) is 0 Å². The quantitative estimate of drug-likeness (QED) is 0.862. The molecule has 1 aliphatic rings. The van der Waals surface area contributed by atoms with Gasteiger partial charge in [-0.05, 0) is 74.6 Å². The Kier molecular flexibility index (Phi) is 5.67. The van der Waals surface area contributed by atoms with Crippen LogP contribution in [0.25, 0.3) is 0 Å². The molecule has 3 rings (SSSR count). The van der Waals surface area contributed by atoms with Gasteiger partial charge < -0.3 is 5.32 Å². The minimum absolute atomic E-state index is 0.220. The summed E-state index contributed by atoms with van der Waals surface area (Å²) in [6.45, 7) is 6.85. The molecule has 0 radical (unpaired) electrons. The molecule has 2 aromatic carbocycles. The van der Waals surface area contributed by atoms with Crippen molar-refractivity contribution in [2.45, 2.75) is 44.9 Å². The molecule has 0 bridgehead atoms. The summed E-state index contributed by atoms with van der Waals surface area (Å²) < 4.78 is 27.6. The summed E-state index contributed by atoms with van der Waals surface area (Å²) in [7, 11) is -3.58. The summed E-state index contributed by atoms with van der Waals surface area (Å²) in [5, 5.41) is 2.86. The lowest BCUT2D eigenvalue weighted by atomic mass is 10.1. The van der Waals surface area contributed by atoms with E-state index in [1.165, 1.54) is 10.4 Å². The van der Waals surface area contributed by atoms with Gasteiger partial charge in [-0.25, -0.2) is 8.42 Å². The third-order valence-corrected chi connectivity index (χ3v) is 7.19. The molecule has 27 heavy (non-hydrogen) atoms. The van der Waals surface area contributed by atoms with E-state index in [1.54, 1.807) is 19.1 Å². The molecule has 0 aromatic heterocycles. The standard InChI is InChI=1S/C21H26N2O3S/c1-15-8-10-19(13-17(15)3)22-21(24)18-9-7-16(2)20(14-18)27(25,26)23-11-5-4-6-12-23/h7-10,13-14H,4-6,11-12H2,1-3H3,(H,22,24). The monoisotopic (exact) mass is 386 g/mol. The Balaban J connectivity index is 1.88. The SMILES string of the molecule is Cc1ccc(NC(=O)c2ccc(C)c(S(=O)(=O)N3CCCCC3)c2)cc1C. The number of nitrogens with zero attached hydrogens (tertiary/aromatic N) is 1. The number of amides is 1. The van der Waals surface area contributed by atoms with Crippen LogP contribution in [0.3, 0.4) is 0 Å². The molecule has 1 N–H and O–H groups in total. The van der Waals surface area contributed by atoms with Crippen LogP contribution in [0.1, 0.15) is 46.3 Å². The maximum atomic E-state index is 13.0. The van der Waals surface area contributed by atoms with Crippen LogP contribution in [0, 0.1) is 20.8 Å². The van der Waals surface area contributed by atoms with Crippen LogP contribution in [0.2, 0.25) is 0 Å². The Morgan fingerprint density at radius 2 is 1.56 bits per heavy atom. The molecule has 6 heteroatoms. The molecule has 0 aliphatic carbocycles. The number of carbonyl (C=O) groups excluding carboxylic acids is 1. The van der Waals surface area contributed by atoms with E-state index in [4.69, 9.17) is 0 Å². The average molecular weight is 387 g/mol. The van der Waals surface area contributed by atoms with E-state index in [2.05, 4.69) is 5.32 Å². The van der Waals surface area contributed by atoms with Crippen molar-refractivity contribution < 1.29 is 13.2 Å². The average Bonchev–Trinajstić information content (AvgIpc) is 2.65. The molecule has 144 valence electrons. The first-order valence-electron chi connectivity index (χ1n) is 9.28. The summed E-state index contributed by atoms with van der Waals surface area (Å²) >= 11 is 0. The van der Waals surface area contributed by atoms with Crippen molar-refractivity contribution in [1.82, 2.24) is 4.31 Å². The first kappa shape index (κ1) is 19.6. The van der Waals surface area contributed by atoms with Gasteiger partial charge in [0.15, 0.2) is 0 Å². The number of nitrogens with one attached hydrogen (secondary N) is 1. The van der Waals surface area contributed by atoms with E-state index in [9.17, 15) is 13.2 Å². The van der Waals surface area contributed by atoms with Crippen molar-refractivity contribution in [1.29, 1.82) is 0 Å². The van der Waals surface area contributed by atoms with Gasteiger partial charge in [-0.2, -0.15) is 4.31 Å². The largest absolute Gasteiger partial charge is 0.322 e. The third kappa shape index (κ3) is 4.22. The first-order valence-corrected chi connectivity index (χ1v) is 10.7. The first-order chi connectivity index (χ1) is 12.8. The summed E-state index contributed by atoms with van der Waals surface area (Å²) in [5.74, 6) is -0.312. The normalized spacial score (nSPS) is 15.5. The minimum atomic E-state index is -3.58. The van der Waals surface area contributed by atoms with E-state index in [0.717, 1.165) is 30.4 Å². The molecule has 2 aromatic rings. The van der Waals surface area contributed by atoms with Crippen LogP contribution in [0.4, 0.5) is 5.69 Å². The Bertz CT molecular complexity index is 961. The Labute approximate surface area is 161 Å². The molecular weight excluding hydrogens is 360 g/mol. The fourth-order valence-corrected chi connectivity index (χ4v) is 5.05. The van der Waals surface area contributed by atoms with Gasteiger partial charge in [0.05, 0.1) is 4.90 Å². The molecule has 1 saturated heterocycles. The molecule has 0 unspecified atom stereocenters. The van der Waals surface area contributed by atoms with Crippen LogP contribution in [0.5, 0.6) is 0 Å². The molecule has 5 nitrogen and oxygen atoms in total. The Morgan fingerprint density at radius 3 is 2.22 bits per heavy atom. The predicted molar refractivity (Wildman–Crippen MR) is 108 cm³/mol. The molecule has 1 heterocycles. The van der Waals surface area contributed by atoms with Crippen molar-refractivity contribution in [2.75, 3.05) is 18.4 Å². The number of piperidine rings is 1. The van der Waals surface area contributed by atoms with Crippen molar-refractivity contribution >= 4 is 21.6 Å². The maximum absolute atomic E-state index is 13.0.